The molecule has 1 fully saturated rings. The lowest BCUT2D eigenvalue weighted by Gasteiger charge is -2.10. The fourth-order valence-corrected chi connectivity index (χ4v) is 3.24. The third-order valence-corrected chi connectivity index (χ3v) is 4.86. The zero-order valence-corrected chi connectivity index (χ0v) is 11.4. The van der Waals surface area contributed by atoms with Gasteiger partial charge in [-0.15, -0.1) is 0 Å². The fourth-order valence-electron chi connectivity index (χ4n) is 1.84. The van der Waals surface area contributed by atoms with Gasteiger partial charge >= 0.3 is 0 Å². The van der Waals surface area contributed by atoms with E-state index in [2.05, 4.69) is 9.82 Å². The molecule has 19 heavy (non-hydrogen) atoms. The Labute approximate surface area is 112 Å². The number of hydrogen-bond acceptors (Lipinski definition) is 3. The number of aromatic nitrogens is 2. The summed E-state index contributed by atoms with van der Waals surface area (Å²) >= 11 is 0. The van der Waals surface area contributed by atoms with E-state index in [1.165, 1.54) is 12.4 Å². The van der Waals surface area contributed by atoms with Gasteiger partial charge in [0.1, 0.15) is 4.90 Å². The molecule has 0 amide bonds. The van der Waals surface area contributed by atoms with Crippen molar-refractivity contribution in [2.75, 3.05) is 0 Å². The Morgan fingerprint density at radius 2 is 1.95 bits per heavy atom. The van der Waals surface area contributed by atoms with Gasteiger partial charge in [-0.1, -0.05) is 18.2 Å². The van der Waals surface area contributed by atoms with Crippen LogP contribution in [-0.2, 0) is 10.0 Å². The highest BCUT2D eigenvalue weighted by atomic mass is 32.2. The highest BCUT2D eigenvalue weighted by Gasteiger charge is 2.41. The lowest BCUT2D eigenvalue weighted by atomic mass is 10.3. The molecule has 0 unspecified atom stereocenters. The predicted octanol–water partition coefficient (Wildman–Crippen LogP) is 1.70. The molecule has 0 radical (unpaired) electrons. The van der Waals surface area contributed by atoms with Crippen LogP contribution in [0, 0.1) is 0 Å². The lowest BCUT2D eigenvalue weighted by Crippen LogP contribution is -2.34. The van der Waals surface area contributed by atoms with Gasteiger partial charge in [0.2, 0.25) is 10.0 Å². The van der Waals surface area contributed by atoms with Crippen molar-refractivity contribution in [1.82, 2.24) is 14.5 Å². The number of nitrogens with one attached hydrogen (secondary N) is 1. The van der Waals surface area contributed by atoms with Gasteiger partial charge < -0.3 is 0 Å². The highest BCUT2D eigenvalue weighted by Crippen LogP contribution is 2.35. The second-order valence-electron chi connectivity index (χ2n) is 5.12. The Morgan fingerprint density at radius 1 is 1.26 bits per heavy atom. The van der Waals surface area contributed by atoms with Crippen molar-refractivity contribution < 1.29 is 8.42 Å². The molecular formula is C13H15N3O2S. The Bertz CT molecular complexity index is 688. The van der Waals surface area contributed by atoms with E-state index < -0.39 is 10.0 Å². The third-order valence-electron chi connectivity index (χ3n) is 3.27. The lowest BCUT2D eigenvalue weighted by molar-refractivity contribution is 0.558. The number of para-hydroxylation sites is 1. The summed E-state index contributed by atoms with van der Waals surface area (Å²) in [5.41, 5.74) is 0.565. The zero-order valence-electron chi connectivity index (χ0n) is 10.6. The number of nitrogens with zero attached hydrogens (tertiary/aromatic N) is 2. The second-order valence-corrected chi connectivity index (χ2v) is 6.80. The van der Waals surface area contributed by atoms with Gasteiger partial charge in [0, 0.05) is 5.54 Å². The summed E-state index contributed by atoms with van der Waals surface area (Å²) in [5.74, 6) is 0. The summed E-state index contributed by atoms with van der Waals surface area (Å²) in [6.07, 6.45) is 4.68. The molecule has 1 aliphatic rings. The molecule has 1 aromatic carbocycles. The van der Waals surface area contributed by atoms with Gasteiger partial charge in [-0.05, 0) is 31.9 Å². The molecule has 1 aliphatic carbocycles. The van der Waals surface area contributed by atoms with Crippen molar-refractivity contribution in [3.63, 3.8) is 0 Å². The molecular weight excluding hydrogens is 262 g/mol. The Kier molecular flexibility index (Phi) is 2.72. The molecule has 1 aromatic heterocycles. The Balaban J connectivity index is 1.89. The van der Waals surface area contributed by atoms with E-state index >= 15 is 0 Å². The van der Waals surface area contributed by atoms with E-state index in [0.29, 0.717) is 0 Å². The summed E-state index contributed by atoms with van der Waals surface area (Å²) in [7, 11) is -3.48. The Morgan fingerprint density at radius 3 is 2.58 bits per heavy atom. The van der Waals surface area contributed by atoms with Crippen molar-refractivity contribution in [3.05, 3.63) is 42.7 Å². The standard InChI is InChI=1S/C13H15N3O2S/c1-13(7-8-13)15-19(17,18)12-9-14-16(10-12)11-5-3-2-4-6-11/h2-6,9-10,15H,7-8H2,1H3. The van der Waals surface area contributed by atoms with Crippen molar-refractivity contribution in [2.45, 2.75) is 30.2 Å². The smallest absolute Gasteiger partial charge is 0.240 e. The van der Waals surface area contributed by atoms with E-state index in [1.54, 1.807) is 4.68 Å². The molecule has 0 atom stereocenters. The molecule has 1 saturated carbocycles. The van der Waals surface area contributed by atoms with E-state index in [9.17, 15) is 8.42 Å². The summed E-state index contributed by atoms with van der Waals surface area (Å²) in [6, 6.07) is 9.42. The van der Waals surface area contributed by atoms with Crippen LogP contribution in [0.2, 0.25) is 0 Å². The molecule has 3 rings (SSSR count). The van der Waals surface area contributed by atoms with Crippen LogP contribution in [0.25, 0.3) is 5.69 Å². The first kappa shape index (κ1) is 12.4. The van der Waals surface area contributed by atoms with Crippen molar-refractivity contribution in [1.29, 1.82) is 0 Å². The van der Waals surface area contributed by atoms with Gasteiger partial charge in [-0.25, -0.2) is 17.8 Å². The van der Waals surface area contributed by atoms with Crippen LogP contribution in [0.15, 0.2) is 47.6 Å². The van der Waals surface area contributed by atoms with Crippen LogP contribution in [0.5, 0.6) is 0 Å². The van der Waals surface area contributed by atoms with E-state index in [0.717, 1.165) is 18.5 Å². The maximum atomic E-state index is 12.2. The maximum absolute atomic E-state index is 12.2. The molecule has 2 aromatic rings. The summed E-state index contributed by atoms with van der Waals surface area (Å²) in [6.45, 7) is 1.91. The van der Waals surface area contributed by atoms with Crippen molar-refractivity contribution >= 4 is 10.0 Å². The number of rotatable bonds is 4. The highest BCUT2D eigenvalue weighted by molar-refractivity contribution is 7.89. The molecule has 100 valence electrons. The van der Waals surface area contributed by atoms with E-state index in [1.807, 2.05) is 37.3 Å². The largest absolute Gasteiger partial charge is 0.244 e. The molecule has 6 heteroatoms. The van der Waals surface area contributed by atoms with Crippen LogP contribution < -0.4 is 4.72 Å². The van der Waals surface area contributed by atoms with Crippen molar-refractivity contribution in [2.24, 2.45) is 0 Å². The van der Waals surface area contributed by atoms with Gasteiger partial charge in [-0.3, -0.25) is 0 Å². The minimum absolute atomic E-state index is 0.199. The van der Waals surface area contributed by atoms with Crippen LogP contribution >= 0.6 is 0 Å². The van der Waals surface area contributed by atoms with Crippen LogP contribution in [0.4, 0.5) is 0 Å². The molecule has 0 bridgehead atoms. The minimum atomic E-state index is -3.48. The average molecular weight is 277 g/mol. The van der Waals surface area contributed by atoms with Gasteiger partial charge in [0.25, 0.3) is 0 Å². The molecule has 1 N–H and O–H groups in total. The van der Waals surface area contributed by atoms with Crippen LogP contribution in [0.1, 0.15) is 19.8 Å². The molecule has 0 aliphatic heterocycles. The number of sulfonamides is 1. The zero-order chi connectivity index (χ0) is 13.5. The molecule has 1 heterocycles. The fraction of sp³-hybridized carbons (Fsp3) is 0.308. The minimum Gasteiger partial charge on any atom is -0.240 e. The first-order valence-corrected chi connectivity index (χ1v) is 7.61. The van der Waals surface area contributed by atoms with Gasteiger partial charge in [-0.2, -0.15) is 5.10 Å². The summed E-state index contributed by atoms with van der Waals surface area (Å²) in [4.78, 5) is 0.199. The predicted molar refractivity (Wildman–Crippen MR) is 71.5 cm³/mol. The molecule has 5 nitrogen and oxygen atoms in total. The average Bonchev–Trinajstić information content (AvgIpc) is 2.93. The quantitative estimate of drug-likeness (QED) is 0.925. The van der Waals surface area contributed by atoms with E-state index in [4.69, 9.17) is 0 Å². The Hall–Kier alpha value is -1.66. The normalized spacial score (nSPS) is 17.3. The molecule has 0 spiro atoms. The summed E-state index contributed by atoms with van der Waals surface area (Å²) < 4.78 is 28.6. The van der Waals surface area contributed by atoms with E-state index in [-0.39, 0.29) is 10.4 Å². The summed E-state index contributed by atoms with van der Waals surface area (Å²) in [5, 5.41) is 4.10. The first-order chi connectivity index (χ1) is 8.99. The first-order valence-electron chi connectivity index (χ1n) is 6.13. The molecule has 0 saturated heterocycles. The van der Waals surface area contributed by atoms with Crippen LogP contribution in [0.3, 0.4) is 0 Å². The van der Waals surface area contributed by atoms with Crippen LogP contribution in [-0.4, -0.2) is 23.7 Å². The van der Waals surface area contributed by atoms with Gasteiger partial charge in [0.05, 0.1) is 18.1 Å². The van der Waals surface area contributed by atoms with Gasteiger partial charge in [0.15, 0.2) is 0 Å². The topological polar surface area (TPSA) is 64.0 Å². The monoisotopic (exact) mass is 277 g/mol. The second kappa shape index (κ2) is 4.18. The maximum Gasteiger partial charge on any atom is 0.244 e. The van der Waals surface area contributed by atoms with Crippen molar-refractivity contribution in [3.8, 4) is 5.69 Å². The number of hydrogen-bond donors (Lipinski definition) is 1. The SMILES string of the molecule is CC1(NS(=O)(=O)c2cnn(-c3ccccc3)c2)CC1. The third kappa shape index (κ3) is 2.54. The number of benzene rings is 1.